The van der Waals surface area contributed by atoms with Gasteiger partial charge in [-0.25, -0.2) is 0 Å². The summed E-state index contributed by atoms with van der Waals surface area (Å²) in [6, 6.07) is 20.7. The van der Waals surface area contributed by atoms with Gasteiger partial charge in [0.15, 0.2) is 0 Å². The van der Waals surface area contributed by atoms with Gasteiger partial charge in [-0.05, 0) is 58.1 Å². The van der Waals surface area contributed by atoms with E-state index in [-0.39, 0.29) is 0 Å². The Kier molecular flexibility index (Phi) is 7.14. The second kappa shape index (κ2) is 9.99. The average molecular weight is 392 g/mol. The van der Waals surface area contributed by atoms with Crippen LogP contribution >= 0.6 is 0 Å². The van der Waals surface area contributed by atoms with Crippen LogP contribution in [-0.2, 0) is 24.2 Å². The Morgan fingerprint density at radius 1 is 0.552 bits per heavy atom. The van der Waals surface area contributed by atoms with E-state index in [0.29, 0.717) is 6.61 Å². The van der Waals surface area contributed by atoms with E-state index in [1.165, 1.54) is 11.1 Å². The molecule has 0 aliphatic carbocycles. The van der Waals surface area contributed by atoms with Crippen molar-refractivity contribution in [3.05, 3.63) is 88.5 Å². The summed E-state index contributed by atoms with van der Waals surface area (Å²) in [4.78, 5) is 0. The van der Waals surface area contributed by atoms with Crippen LogP contribution in [0.15, 0.2) is 60.7 Å². The quantitative estimate of drug-likeness (QED) is 0.511. The van der Waals surface area contributed by atoms with Crippen molar-refractivity contribution in [2.24, 2.45) is 0 Å². The Bertz CT molecular complexity index is 932. The maximum absolute atomic E-state index is 5.60. The second-order valence-corrected chi connectivity index (χ2v) is 6.93. The van der Waals surface area contributed by atoms with Gasteiger partial charge in [0.2, 0.25) is 0 Å². The largest absolute Gasteiger partial charge is 0.497 e. The summed E-state index contributed by atoms with van der Waals surface area (Å²) in [5.41, 5.74) is 5.85. The van der Waals surface area contributed by atoms with Crippen LogP contribution in [0.4, 0.5) is 0 Å². The number of methoxy groups -OCH3 is 4. The summed E-state index contributed by atoms with van der Waals surface area (Å²) in [6.07, 6.45) is 1.57. The van der Waals surface area contributed by atoms with E-state index in [1.54, 1.807) is 28.4 Å². The monoisotopic (exact) mass is 392 g/mol. The molecule has 0 unspecified atom stereocenters. The molecule has 152 valence electrons. The summed E-state index contributed by atoms with van der Waals surface area (Å²) in [6.45, 7) is 0.586. The van der Waals surface area contributed by atoms with Gasteiger partial charge < -0.3 is 18.9 Å². The van der Waals surface area contributed by atoms with E-state index < -0.39 is 0 Å². The molecule has 0 amide bonds. The molecule has 0 N–H and O–H groups in total. The molecule has 0 heterocycles. The lowest BCUT2D eigenvalue weighted by molar-refractivity contribution is 0.185. The maximum atomic E-state index is 5.60. The summed E-state index contributed by atoms with van der Waals surface area (Å²) >= 11 is 0. The maximum Gasteiger partial charge on any atom is 0.122 e. The van der Waals surface area contributed by atoms with E-state index in [1.807, 2.05) is 30.3 Å². The van der Waals surface area contributed by atoms with E-state index in [0.717, 1.165) is 46.8 Å². The van der Waals surface area contributed by atoms with Crippen LogP contribution in [0.1, 0.15) is 27.8 Å². The molecule has 0 bridgehead atoms. The summed E-state index contributed by atoms with van der Waals surface area (Å²) in [7, 11) is 6.80. The van der Waals surface area contributed by atoms with Crippen molar-refractivity contribution in [1.29, 1.82) is 0 Å². The predicted octanol–water partition coefficient (Wildman–Crippen LogP) is 5.04. The molecule has 4 heteroatoms. The average Bonchev–Trinajstić information content (AvgIpc) is 2.75. The lowest BCUT2D eigenvalue weighted by atomic mass is 9.97. The molecule has 3 rings (SSSR count). The lowest BCUT2D eigenvalue weighted by Gasteiger charge is -2.14. The van der Waals surface area contributed by atoms with E-state index >= 15 is 0 Å². The number of rotatable bonds is 9. The topological polar surface area (TPSA) is 36.9 Å². The van der Waals surface area contributed by atoms with Crippen molar-refractivity contribution in [3.8, 4) is 17.2 Å². The van der Waals surface area contributed by atoms with Crippen molar-refractivity contribution < 1.29 is 18.9 Å². The van der Waals surface area contributed by atoms with Crippen LogP contribution in [-0.4, -0.2) is 28.4 Å². The second-order valence-electron chi connectivity index (χ2n) is 6.93. The third-order valence-electron chi connectivity index (χ3n) is 4.95. The number of hydrogen-bond donors (Lipinski definition) is 0. The highest BCUT2D eigenvalue weighted by Crippen LogP contribution is 2.28. The standard InChI is InChI=1S/C25H28O4/c1-26-17-20-8-12-25(29-4)22(16-20)15-19-7-11-24(28-3)21(14-19)13-18-5-9-23(27-2)10-6-18/h5-12,14,16H,13,15,17H2,1-4H3. The third kappa shape index (κ3) is 5.30. The Morgan fingerprint density at radius 3 is 1.62 bits per heavy atom. The normalized spacial score (nSPS) is 10.6. The predicted molar refractivity (Wildman–Crippen MR) is 115 cm³/mol. The summed E-state index contributed by atoms with van der Waals surface area (Å²) in [5.74, 6) is 2.64. The molecule has 0 spiro atoms. The van der Waals surface area contributed by atoms with Gasteiger partial charge in [0.25, 0.3) is 0 Å². The van der Waals surface area contributed by atoms with Gasteiger partial charge in [-0.3, -0.25) is 0 Å². The Hall–Kier alpha value is -2.98. The Labute approximate surface area is 173 Å². The fourth-order valence-corrected chi connectivity index (χ4v) is 3.49. The first kappa shape index (κ1) is 20.7. The SMILES string of the molecule is COCc1ccc(OC)c(Cc2ccc(OC)c(Cc3ccc(OC)cc3)c2)c1. The molecular formula is C25H28O4. The molecule has 0 radical (unpaired) electrons. The van der Waals surface area contributed by atoms with Crippen LogP contribution in [0.25, 0.3) is 0 Å². The molecule has 0 saturated carbocycles. The van der Waals surface area contributed by atoms with Crippen LogP contribution < -0.4 is 14.2 Å². The third-order valence-corrected chi connectivity index (χ3v) is 4.95. The molecule has 0 aliphatic heterocycles. The zero-order valence-electron chi connectivity index (χ0n) is 17.5. The minimum Gasteiger partial charge on any atom is -0.497 e. The molecule has 3 aromatic rings. The van der Waals surface area contributed by atoms with Gasteiger partial charge in [-0.1, -0.05) is 30.3 Å². The van der Waals surface area contributed by atoms with Crippen LogP contribution in [0, 0.1) is 0 Å². The van der Waals surface area contributed by atoms with Crippen molar-refractivity contribution in [1.82, 2.24) is 0 Å². The van der Waals surface area contributed by atoms with Gasteiger partial charge >= 0.3 is 0 Å². The zero-order chi connectivity index (χ0) is 20.6. The summed E-state index contributed by atoms with van der Waals surface area (Å²) in [5, 5.41) is 0. The minimum atomic E-state index is 0.586. The smallest absolute Gasteiger partial charge is 0.122 e. The Balaban J connectivity index is 1.87. The highest BCUT2D eigenvalue weighted by Gasteiger charge is 2.10. The molecule has 3 aromatic carbocycles. The highest BCUT2D eigenvalue weighted by molar-refractivity contribution is 5.45. The first-order valence-corrected chi connectivity index (χ1v) is 9.60. The van der Waals surface area contributed by atoms with E-state index in [9.17, 15) is 0 Å². The van der Waals surface area contributed by atoms with Crippen molar-refractivity contribution in [3.63, 3.8) is 0 Å². The molecule has 0 fully saturated rings. The van der Waals surface area contributed by atoms with Gasteiger partial charge in [0.05, 0.1) is 27.9 Å². The molecule has 29 heavy (non-hydrogen) atoms. The molecule has 4 nitrogen and oxygen atoms in total. The lowest BCUT2D eigenvalue weighted by Crippen LogP contribution is -1.99. The molecular weight excluding hydrogens is 364 g/mol. The van der Waals surface area contributed by atoms with Crippen molar-refractivity contribution in [2.75, 3.05) is 28.4 Å². The number of hydrogen-bond acceptors (Lipinski definition) is 4. The van der Waals surface area contributed by atoms with Gasteiger partial charge in [0, 0.05) is 20.0 Å². The Morgan fingerprint density at radius 2 is 1.07 bits per heavy atom. The fraction of sp³-hybridized carbons (Fsp3) is 0.280. The first-order chi connectivity index (χ1) is 14.2. The highest BCUT2D eigenvalue weighted by atomic mass is 16.5. The van der Waals surface area contributed by atoms with Gasteiger partial charge in [-0.15, -0.1) is 0 Å². The van der Waals surface area contributed by atoms with Gasteiger partial charge in [0.1, 0.15) is 17.2 Å². The first-order valence-electron chi connectivity index (χ1n) is 9.60. The van der Waals surface area contributed by atoms with E-state index in [2.05, 4.69) is 30.3 Å². The van der Waals surface area contributed by atoms with Crippen molar-refractivity contribution >= 4 is 0 Å². The van der Waals surface area contributed by atoms with Crippen molar-refractivity contribution in [2.45, 2.75) is 19.4 Å². The van der Waals surface area contributed by atoms with Crippen LogP contribution in [0.5, 0.6) is 17.2 Å². The van der Waals surface area contributed by atoms with Gasteiger partial charge in [-0.2, -0.15) is 0 Å². The van der Waals surface area contributed by atoms with Crippen LogP contribution in [0.3, 0.4) is 0 Å². The minimum absolute atomic E-state index is 0.586. The van der Waals surface area contributed by atoms with Crippen LogP contribution in [0.2, 0.25) is 0 Å². The van der Waals surface area contributed by atoms with E-state index in [4.69, 9.17) is 18.9 Å². The zero-order valence-corrected chi connectivity index (χ0v) is 17.5. The summed E-state index contributed by atoms with van der Waals surface area (Å²) < 4.78 is 21.7. The molecule has 0 aromatic heterocycles. The molecule has 0 aliphatic rings. The molecule has 0 atom stereocenters. The number of benzene rings is 3. The fourth-order valence-electron chi connectivity index (χ4n) is 3.49. The number of ether oxygens (including phenoxy) is 4. The molecule has 0 saturated heterocycles.